The van der Waals surface area contributed by atoms with Gasteiger partial charge in [-0.2, -0.15) is 13.2 Å². The number of aryl methyl sites for hydroxylation is 1. The van der Waals surface area contributed by atoms with Gasteiger partial charge < -0.3 is 5.32 Å². The molecule has 0 saturated carbocycles. The van der Waals surface area contributed by atoms with Gasteiger partial charge in [-0.3, -0.25) is 0 Å². The van der Waals surface area contributed by atoms with Gasteiger partial charge in [-0.05, 0) is 30.7 Å². The maximum Gasteiger partial charge on any atom is 0.417 e. The number of aromatic nitrogens is 1. The molecule has 0 aliphatic rings. The van der Waals surface area contributed by atoms with Crippen molar-refractivity contribution in [3.63, 3.8) is 0 Å². The Kier molecular flexibility index (Phi) is 3.23. The molecule has 0 atom stereocenters. The number of alkyl halides is 3. The molecular formula is C13H11F3N2. The Bertz CT molecular complexity index is 533. The van der Waals surface area contributed by atoms with Crippen molar-refractivity contribution >= 4 is 11.5 Å². The highest BCUT2D eigenvalue weighted by Crippen LogP contribution is 2.29. The molecule has 0 bridgehead atoms. The molecule has 94 valence electrons. The van der Waals surface area contributed by atoms with Gasteiger partial charge >= 0.3 is 6.18 Å². The minimum atomic E-state index is -4.35. The summed E-state index contributed by atoms with van der Waals surface area (Å²) in [6.07, 6.45) is -3.53. The van der Waals surface area contributed by atoms with Gasteiger partial charge in [0.2, 0.25) is 0 Å². The fraction of sp³-hybridized carbons (Fsp3) is 0.154. The number of nitrogens with zero attached hydrogens (tertiary/aromatic N) is 1. The van der Waals surface area contributed by atoms with E-state index in [1.54, 1.807) is 0 Å². The van der Waals surface area contributed by atoms with Gasteiger partial charge in [0.1, 0.15) is 5.82 Å². The molecule has 0 unspecified atom stereocenters. The number of hydrogen-bond acceptors (Lipinski definition) is 2. The molecule has 0 fully saturated rings. The van der Waals surface area contributed by atoms with E-state index < -0.39 is 11.7 Å². The largest absolute Gasteiger partial charge is 0.417 e. The minimum absolute atomic E-state index is 0.386. The van der Waals surface area contributed by atoms with Crippen molar-refractivity contribution in [3.8, 4) is 0 Å². The third-order valence-corrected chi connectivity index (χ3v) is 2.50. The number of para-hydroxylation sites is 1. The van der Waals surface area contributed by atoms with Gasteiger partial charge in [-0.1, -0.05) is 18.2 Å². The summed E-state index contributed by atoms with van der Waals surface area (Å²) in [5, 5.41) is 2.97. The van der Waals surface area contributed by atoms with Crippen molar-refractivity contribution in [2.24, 2.45) is 0 Å². The van der Waals surface area contributed by atoms with Gasteiger partial charge in [0.25, 0.3) is 0 Å². The first-order chi connectivity index (χ1) is 8.47. The Morgan fingerprint density at radius 2 is 1.78 bits per heavy atom. The monoisotopic (exact) mass is 252 g/mol. The van der Waals surface area contributed by atoms with Crippen LogP contribution >= 0.6 is 0 Å². The number of nitrogens with one attached hydrogen (secondary N) is 1. The van der Waals surface area contributed by atoms with Gasteiger partial charge in [0, 0.05) is 11.9 Å². The summed E-state index contributed by atoms with van der Waals surface area (Å²) < 4.78 is 37.1. The SMILES string of the molecule is Cc1ccccc1Nc1ccc(C(F)(F)F)cn1. The molecule has 0 radical (unpaired) electrons. The molecule has 2 aromatic rings. The summed E-state index contributed by atoms with van der Waals surface area (Å²) in [5.41, 5.74) is 1.07. The highest BCUT2D eigenvalue weighted by molar-refractivity contribution is 5.60. The van der Waals surface area contributed by atoms with E-state index in [1.807, 2.05) is 31.2 Å². The lowest BCUT2D eigenvalue weighted by Gasteiger charge is -2.10. The Morgan fingerprint density at radius 1 is 1.06 bits per heavy atom. The molecule has 2 nitrogen and oxygen atoms in total. The second-order valence-electron chi connectivity index (χ2n) is 3.87. The molecule has 18 heavy (non-hydrogen) atoms. The standard InChI is InChI=1S/C13H11F3N2/c1-9-4-2-3-5-11(9)18-12-7-6-10(8-17-12)13(14,15)16/h2-8H,1H3,(H,17,18). The smallest absolute Gasteiger partial charge is 0.340 e. The summed E-state index contributed by atoms with van der Waals surface area (Å²) in [6.45, 7) is 1.91. The van der Waals surface area contributed by atoms with E-state index in [0.717, 1.165) is 23.5 Å². The molecule has 0 aliphatic carbocycles. The molecule has 1 aromatic carbocycles. The van der Waals surface area contributed by atoms with Gasteiger partial charge in [-0.25, -0.2) is 4.98 Å². The van der Waals surface area contributed by atoms with Crippen molar-refractivity contribution < 1.29 is 13.2 Å². The maximum atomic E-state index is 12.4. The van der Waals surface area contributed by atoms with Crippen LogP contribution in [0.25, 0.3) is 0 Å². The minimum Gasteiger partial charge on any atom is -0.340 e. The lowest BCUT2D eigenvalue weighted by atomic mass is 10.2. The van der Waals surface area contributed by atoms with Gasteiger partial charge in [0.05, 0.1) is 5.56 Å². The summed E-state index contributed by atoms with van der Waals surface area (Å²) >= 11 is 0. The molecular weight excluding hydrogens is 241 g/mol. The number of benzene rings is 1. The van der Waals surface area contributed by atoms with Crippen molar-refractivity contribution in [2.45, 2.75) is 13.1 Å². The summed E-state index contributed by atoms with van der Waals surface area (Å²) in [4.78, 5) is 3.75. The van der Waals surface area contributed by atoms with E-state index >= 15 is 0 Å². The predicted octanol–water partition coefficient (Wildman–Crippen LogP) is 4.15. The van der Waals surface area contributed by atoms with Crippen LogP contribution in [0.3, 0.4) is 0 Å². The molecule has 0 amide bonds. The van der Waals surface area contributed by atoms with Crippen molar-refractivity contribution in [3.05, 3.63) is 53.7 Å². The number of rotatable bonds is 2. The summed E-state index contributed by atoms with van der Waals surface area (Å²) in [7, 11) is 0. The quantitative estimate of drug-likeness (QED) is 0.868. The molecule has 0 spiro atoms. The van der Waals surface area contributed by atoms with E-state index in [-0.39, 0.29) is 0 Å². The van der Waals surface area contributed by atoms with E-state index in [2.05, 4.69) is 10.3 Å². The Labute approximate surface area is 102 Å². The van der Waals surface area contributed by atoms with Gasteiger partial charge in [-0.15, -0.1) is 0 Å². The van der Waals surface area contributed by atoms with E-state index in [4.69, 9.17) is 0 Å². The Hall–Kier alpha value is -2.04. The zero-order chi connectivity index (χ0) is 13.2. The zero-order valence-electron chi connectivity index (χ0n) is 9.62. The first kappa shape index (κ1) is 12.4. The molecule has 0 aliphatic heterocycles. The first-order valence-electron chi connectivity index (χ1n) is 5.33. The van der Waals surface area contributed by atoms with Crippen LogP contribution in [0.2, 0.25) is 0 Å². The lowest BCUT2D eigenvalue weighted by Crippen LogP contribution is -2.06. The molecule has 2 rings (SSSR count). The average Bonchev–Trinajstić information content (AvgIpc) is 2.32. The fourth-order valence-electron chi connectivity index (χ4n) is 1.49. The van der Waals surface area contributed by atoms with Crippen LogP contribution < -0.4 is 5.32 Å². The number of anilines is 2. The highest BCUT2D eigenvalue weighted by Gasteiger charge is 2.30. The maximum absolute atomic E-state index is 12.4. The number of halogens is 3. The van der Waals surface area contributed by atoms with Crippen LogP contribution in [0, 0.1) is 6.92 Å². The topological polar surface area (TPSA) is 24.9 Å². The third-order valence-electron chi connectivity index (χ3n) is 2.50. The van der Waals surface area contributed by atoms with E-state index in [9.17, 15) is 13.2 Å². The van der Waals surface area contributed by atoms with Gasteiger partial charge in [0.15, 0.2) is 0 Å². The lowest BCUT2D eigenvalue weighted by molar-refractivity contribution is -0.137. The van der Waals surface area contributed by atoms with Crippen LogP contribution in [0.4, 0.5) is 24.7 Å². The Balaban J connectivity index is 2.19. The first-order valence-corrected chi connectivity index (χ1v) is 5.33. The van der Waals surface area contributed by atoms with Crippen molar-refractivity contribution in [2.75, 3.05) is 5.32 Å². The summed E-state index contributed by atoms with van der Waals surface area (Å²) in [6, 6.07) is 9.81. The second kappa shape index (κ2) is 4.68. The molecule has 1 N–H and O–H groups in total. The Morgan fingerprint density at radius 3 is 2.33 bits per heavy atom. The zero-order valence-corrected chi connectivity index (χ0v) is 9.62. The number of hydrogen-bond donors (Lipinski definition) is 1. The average molecular weight is 252 g/mol. The van der Waals surface area contributed by atoms with E-state index in [1.165, 1.54) is 6.07 Å². The van der Waals surface area contributed by atoms with Crippen LogP contribution in [-0.4, -0.2) is 4.98 Å². The second-order valence-corrected chi connectivity index (χ2v) is 3.87. The summed E-state index contributed by atoms with van der Waals surface area (Å²) in [5.74, 6) is 0.386. The normalized spacial score (nSPS) is 11.3. The molecule has 1 aromatic heterocycles. The van der Waals surface area contributed by atoms with Crippen molar-refractivity contribution in [1.29, 1.82) is 0 Å². The third kappa shape index (κ3) is 2.80. The molecule has 0 saturated heterocycles. The predicted molar refractivity (Wildman–Crippen MR) is 63.7 cm³/mol. The van der Waals surface area contributed by atoms with Crippen LogP contribution in [0.15, 0.2) is 42.6 Å². The van der Waals surface area contributed by atoms with Crippen LogP contribution in [0.1, 0.15) is 11.1 Å². The fourth-order valence-corrected chi connectivity index (χ4v) is 1.49. The highest BCUT2D eigenvalue weighted by atomic mass is 19.4. The van der Waals surface area contributed by atoms with Crippen LogP contribution in [0.5, 0.6) is 0 Å². The molecule has 1 heterocycles. The van der Waals surface area contributed by atoms with Crippen LogP contribution in [-0.2, 0) is 6.18 Å². The number of pyridine rings is 1. The molecule has 5 heteroatoms. The van der Waals surface area contributed by atoms with Crippen molar-refractivity contribution in [1.82, 2.24) is 4.98 Å². The van der Waals surface area contributed by atoms with E-state index in [0.29, 0.717) is 5.82 Å².